The third kappa shape index (κ3) is 3.43. The van der Waals surface area contributed by atoms with Crippen molar-refractivity contribution in [3.05, 3.63) is 64.0 Å². The van der Waals surface area contributed by atoms with Crippen molar-refractivity contribution in [2.24, 2.45) is 0 Å². The molecule has 0 amide bonds. The summed E-state index contributed by atoms with van der Waals surface area (Å²) in [7, 11) is 0. The van der Waals surface area contributed by atoms with Crippen LogP contribution < -0.4 is 4.90 Å². The fraction of sp³-hybridized carbons (Fsp3) is 0.200. The Kier molecular flexibility index (Phi) is 4.74. The lowest BCUT2D eigenvalue weighted by Gasteiger charge is -2.28. The van der Waals surface area contributed by atoms with E-state index in [2.05, 4.69) is 16.0 Å². The molecule has 0 saturated carbocycles. The second-order valence-electron chi connectivity index (χ2n) is 6.38. The van der Waals surface area contributed by atoms with Gasteiger partial charge in [0.2, 0.25) is 0 Å². The molecule has 28 heavy (non-hydrogen) atoms. The predicted octanol–water partition coefficient (Wildman–Crippen LogP) is 3.37. The zero-order valence-corrected chi connectivity index (χ0v) is 15.0. The number of ether oxygens (including phenoxy) is 1. The number of nitriles is 1. The van der Waals surface area contributed by atoms with Crippen LogP contribution in [0.4, 0.5) is 11.4 Å². The molecule has 1 fully saturated rings. The highest BCUT2D eigenvalue weighted by atomic mass is 16.6. The number of anilines is 1. The first-order valence-electron chi connectivity index (χ1n) is 8.84. The molecular weight excluding hydrogens is 358 g/mol. The summed E-state index contributed by atoms with van der Waals surface area (Å²) in [6, 6.07) is 14.6. The summed E-state index contributed by atoms with van der Waals surface area (Å²) < 4.78 is 5.32. The highest BCUT2D eigenvalue weighted by Crippen LogP contribution is 2.31. The van der Waals surface area contributed by atoms with Gasteiger partial charge in [0, 0.05) is 19.2 Å². The first kappa shape index (κ1) is 17.7. The molecule has 4 rings (SSSR count). The van der Waals surface area contributed by atoms with E-state index in [-0.39, 0.29) is 5.69 Å². The van der Waals surface area contributed by atoms with Crippen LogP contribution >= 0.6 is 0 Å². The minimum Gasteiger partial charge on any atom is -0.378 e. The molecule has 2 heterocycles. The normalized spacial score (nSPS) is 14.8. The number of imidazole rings is 1. The number of benzene rings is 2. The molecule has 1 N–H and O–H groups in total. The molecule has 0 radical (unpaired) electrons. The number of fused-ring (bicyclic) bond motifs is 1. The van der Waals surface area contributed by atoms with Gasteiger partial charge < -0.3 is 14.6 Å². The third-order valence-corrected chi connectivity index (χ3v) is 4.62. The topological polar surface area (TPSA) is 108 Å². The van der Waals surface area contributed by atoms with E-state index in [1.165, 1.54) is 6.07 Å². The molecule has 0 unspecified atom stereocenters. The molecule has 1 aliphatic rings. The number of para-hydroxylation sites is 2. The lowest BCUT2D eigenvalue weighted by Crippen LogP contribution is -2.36. The van der Waals surface area contributed by atoms with Gasteiger partial charge in [-0.3, -0.25) is 10.1 Å². The fourth-order valence-corrected chi connectivity index (χ4v) is 3.25. The van der Waals surface area contributed by atoms with Crippen LogP contribution in [0.25, 0.3) is 22.7 Å². The Labute approximate surface area is 160 Å². The number of nitrogens with zero attached hydrogens (tertiary/aromatic N) is 4. The van der Waals surface area contributed by atoms with Gasteiger partial charge in [0.15, 0.2) is 0 Å². The largest absolute Gasteiger partial charge is 0.378 e. The molecule has 0 bridgehead atoms. The smallest absolute Gasteiger partial charge is 0.293 e. The van der Waals surface area contributed by atoms with Crippen LogP contribution in [0.5, 0.6) is 0 Å². The molecule has 8 heteroatoms. The quantitative estimate of drug-likeness (QED) is 0.425. The van der Waals surface area contributed by atoms with Crippen LogP contribution in [-0.2, 0) is 4.74 Å². The van der Waals surface area contributed by atoms with E-state index in [4.69, 9.17) is 4.74 Å². The minimum absolute atomic E-state index is 0.0116. The molecule has 1 aliphatic heterocycles. The monoisotopic (exact) mass is 375 g/mol. The van der Waals surface area contributed by atoms with Gasteiger partial charge in [0.05, 0.1) is 34.7 Å². The summed E-state index contributed by atoms with van der Waals surface area (Å²) in [4.78, 5) is 20.7. The molecular formula is C20H17N5O3. The molecule has 140 valence electrons. The van der Waals surface area contributed by atoms with Crippen LogP contribution in [0.1, 0.15) is 11.4 Å². The van der Waals surface area contributed by atoms with Gasteiger partial charge in [0.1, 0.15) is 17.6 Å². The molecule has 1 aromatic heterocycles. The van der Waals surface area contributed by atoms with Gasteiger partial charge in [-0.1, -0.05) is 18.2 Å². The van der Waals surface area contributed by atoms with E-state index >= 15 is 0 Å². The number of allylic oxidation sites excluding steroid dienone is 1. The van der Waals surface area contributed by atoms with Crippen molar-refractivity contribution in [3.8, 4) is 6.07 Å². The summed E-state index contributed by atoms with van der Waals surface area (Å²) in [6.45, 7) is 2.31. The maximum atomic E-state index is 11.6. The van der Waals surface area contributed by atoms with Gasteiger partial charge in [-0.2, -0.15) is 5.26 Å². The van der Waals surface area contributed by atoms with Crippen LogP contribution in [0.2, 0.25) is 0 Å². The van der Waals surface area contributed by atoms with Crippen LogP contribution in [0.15, 0.2) is 42.5 Å². The number of H-pyrrole nitrogens is 1. The molecule has 8 nitrogen and oxygen atoms in total. The van der Waals surface area contributed by atoms with E-state index in [0.29, 0.717) is 49.0 Å². The summed E-state index contributed by atoms with van der Waals surface area (Å²) in [6.07, 6.45) is 1.60. The number of nitro groups is 1. The van der Waals surface area contributed by atoms with Crippen LogP contribution in [-0.4, -0.2) is 41.2 Å². The standard InChI is InChI=1S/C20H17N5O3/c21-13-15(20-22-16-3-1-2-4-17(16)23-20)11-14-5-6-18(19(12-14)25(26)27)24-7-9-28-10-8-24/h1-6,11-12H,7-10H2,(H,22,23)/b15-11-. The van der Waals surface area contributed by atoms with Gasteiger partial charge >= 0.3 is 0 Å². The van der Waals surface area contributed by atoms with E-state index in [0.717, 1.165) is 11.0 Å². The number of nitro benzene ring substituents is 1. The number of aromatic nitrogens is 2. The summed E-state index contributed by atoms with van der Waals surface area (Å²) in [5.74, 6) is 0.434. The Morgan fingerprint density at radius 2 is 2.07 bits per heavy atom. The maximum absolute atomic E-state index is 11.6. The third-order valence-electron chi connectivity index (χ3n) is 4.62. The zero-order chi connectivity index (χ0) is 19.5. The molecule has 0 aliphatic carbocycles. The highest BCUT2D eigenvalue weighted by Gasteiger charge is 2.22. The average molecular weight is 375 g/mol. The van der Waals surface area contributed by atoms with E-state index in [1.54, 1.807) is 18.2 Å². The van der Waals surface area contributed by atoms with Crippen molar-refractivity contribution >= 4 is 34.1 Å². The summed E-state index contributed by atoms with van der Waals surface area (Å²) in [5.41, 5.74) is 3.04. The molecule has 1 saturated heterocycles. The van der Waals surface area contributed by atoms with E-state index in [9.17, 15) is 15.4 Å². The first-order valence-corrected chi connectivity index (χ1v) is 8.84. The molecule has 0 spiro atoms. The van der Waals surface area contributed by atoms with Crippen molar-refractivity contribution in [1.82, 2.24) is 9.97 Å². The Hall–Kier alpha value is -3.70. The Morgan fingerprint density at radius 1 is 1.29 bits per heavy atom. The average Bonchev–Trinajstić information content (AvgIpc) is 3.16. The van der Waals surface area contributed by atoms with Crippen molar-refractivity contribution in [2.45, 2.75) is 0 Å². The van der Waals surface area contributed by atoms with Gasteiger partial charge in [-0.05, 0) is 29.8 Å². The summed E-state index contributed by atoms with van der Waals surface area (Å²) in [5, 5.41) is 21.2. The van der Waals surface area contributed by atoms with Crippen molar-refractivity contribution in [1.29, 1.82) is 5.26 Å². The molecule has 0 atom stereocenters. The summed E-state index contributed by atoms with van der Waals surface area (Å²) >= 11 is 0. The second-order valence-corrected chi connectivity index (χ2v) is 6.38. The van der Waals surface area contributed by atoms with Crippen LogP contribution in [0, 0.1) is 21.4 Å². The van der Waals surface area contributed by atoms with Crippen LogP contribution in [0.3, 0.4) is 0 Å². The Bertz CT molecular complexity index is 1070. The van der Waals surface area contributed by atoms with Crippen molar-refractivity contribution in [2.75, 3.05) is 31.2 Å². The van der Waals surface area contributed by atoms with Crippen molar-refractivity contribution in [3.63, 3.8) is 0 Å². The Morgan fingerprint density at radius 3 is 2.79 bits per heavy atom. The predicted molar refractivity (Wildman–Crippen MR) is 106 cm³/mol. The van der Waals surface area contributed by atoms with E-state index < -0.39 is 4.92 Å². The number of rotatable bonds is 4. The van der Waals surface area contributed by atoms with Crippen molar-refractivity contribution < 1.29 is 9.66 Å². The number of morpholine rings is 1. The van der Waals surface area contributed by atoms with E-state index in [1.807, 2.05) is 29.2 Å². The number of hydrogen-bond acceptors (Lipinski definition) is 6. The fourth-order valence-electron chi connectivity index (χ4n) is 3.25. The van der Waals surface area contributed by atoms with Gasteiger partial charge in [0.25, 0.3) is 5.69 Å². The lowest BCUT2D eigenvalue weighted by molar-refractivity contribution is -0.384. The Balaban J connectivity index is 1.72. The second kappa shape index (κ2) is 7.50. The molecule has 3 aromatic rings. The van der Waals surface area contributed by atoms with Gasteiger partial charge in [-0.25, -0.2) is 4.98 Å². The lowest BCUT2D eigenvalue weighted by atomic mass is 10.1. The number of nitrogens with one attached hydrogen (secondary N) is 1. The number of hydrogen-bond donors (Lipinski definition) is 1. The SMILES string of the molecule is N#C/C(=C/c1ccc(N2CCOCC2)c([N+](=O)[O-])c1)c1nc2ccccc2[nH]1. The number of aromatic amines is 1. The van der Waals surface area contributed by atoms with Gasteiger partial charge in [-0.15, -0.1) is 0 Å². The molecule has 2 aromatic carbocycles. The highest BCUT2D eigenvalue weighted by molar-refractivity contribution is 5.90. The zero-order valence-electron chi connectivity index (χ0n) is 15.0. The minimum atomic E-state index is -0.393. The maximum Gasteiger partial charge on any atom is 0.293 e. The first-order chi connectivity index (χ1) is 13.7.